The fourth-order valence-corrected chi connectivity index (χ4v) is 3.14. The third-order valence-corrected chi connectivity index (χ3v) is 4.82. The maximum absolute atomic E-state index is 12.8. The number of aryl methyl sites for hydroxylation is 1. The van der Waals surface area contributed by atoms with E-state index in [1.54, 1.807) is 37.7 Å². The molecule has 2 aromatic carbocycles. The maximum Gasteiger partial charge on any atom is 0.320 e. The van der Waals surface area contributed by atoms with Crippen LogP contribution in [-0.2, 0) is 16.6 Å². The molecular formula is C22H22ClN3O4. The van der Waals surface area contributed by atoms with Crippen LogP contribution in [0.5, 0.6) is 0 Å². The summed E-state index contributed by atoms with van der Waals surface area (Å²) >= 11 is 5.43. The predicted molar refractivity (Wildman–Crippen MR) is 115 cm³/mol. The van der Waals surface area contributed by atoms with Gasteiger partial charge in [0.15, 0.2) is 5.69 Å². The van der Waals surface area contributed by atoms with Crippen LogP contribution in [-0.4, -0.2) is 46.0 Å². The number of benzene rings is 2. The highest BCUT2D eigenvalue weighted by Gasteiger charge is 2.26. The largest absolute Gasteiger partial charge is 0.462 e. The Bertz CT molecular complexity index is 1100. The fraction of sp³-hybridized carbons (Fsp3) is 0.273. The van der Waals surface area contributed by atoms with Crippen molar-refractivity contribution in [2.24, 2.45) is 7.05 Å². The average Bonchev–Trinajstić information content (AvgIpc) is 3.08. The summed E-state index contributed by atoms with van der Waals surface area (Å²) in [4.78, 5) is 35.0. The maximum atomic E-state index is 12.8. The number of alkyl halides is 1. The Balaban J connectivity index is 1.85. The summed E-state index contributed by atoms with van der Waals surface area (Å²) in [6.45, 7) is 3.49. The van der Waals surface area contributed by atoms with E-state index in [1.165, 1.54) is 0 Å². The van der Waals surface area contributed by atoms with Crippen LogP contribution < -0.4 is 5.32 Å². The van der Waals surface area contributed by atoms with E-state index in [1.807, 2.05) is 30.3 Å². The lowest BCUT2D eigenvalue weighted by Gasteiger charge is -2.25. The van der Waals surface area contributed by atoms with Crippen LogP contribution in [0.2, 0.25) is 0 Å². The number of amides is 1. The zero-order valence-corrected chi connectivity index (χ0v) is 17.7. The topological polar surface area (TPSA) is 90.3 Å². The molecule has 0 saturated carbocycles. The van der Waals surface area contributed by atoms with Gasteiger partial charge in [0, 0.05) is 18.0 Å². The van der Waals surface area contributed by atoms with Gasteiger partial charge < -0.3 is 10.1 Å². The quantitative estimate of drug-likeness (QED) is 0.355. The number of hydrogen-bond donors (Lipinski definition) is 1. The van der Waals surface area contributed by atoms with Crippen LogP contribution in [0.25, 0.3) is 22.0 Å². The van der Waals surface area contributed by atoms with Crippen LogP contribution >= 0.6 is 11.6 Å². The SMILES string of the molecule is Cn1nc(C(=O)NC(C)(C)COC(=O)CCl)c2ccc(-c3ccc(C=O)cc3)cc21. The van der Waals surface area contributed by atoms with Gasteiger partial charge in [-0.15, -0.1) is 11.6 Å². The first kappa shape index (κ1) is 21.5. The predicted octanol–water partition coefficient (Wildman–Crippen LogP) is 3.34. The second-order valence-corrected chi connectivity index (χ2v) is 7.84. The number of carbonyl (C=O) groups is 3. The highest BCUT2D eigenvalue weighted by molar-refractivity contribution is 6.26. The van der Waals surface area contributed by atoms with Gasteiger partial charge in [0.2, 0.25) is 0 Å². The number of hydrogen-bond acceptors (Lipinski definition) is 5. The summed E-state index contributed by atoms with van der Waals surface area (Å²) in [6.07, 6.45) is 0.803. The van der Waals surface area contributed by atoms with E-state index in [0.29, 0.717) is 10.9 Å². The molecule has 0 aliphatic carbocycles. The molecule has 156 valence electrons. The number of nitrogens with one attached hydrogen (secondary N) is 1. The van der Waals surface area contributed by atoms with Crippen molar-refractivity contribution in [3.05, 3.63) is 53.7 Å². The first-order valence-electron chi connectivity index (χ1n) is 9.30. The molecule has 3 rings (SSSR count). The molecule has 0 bridgehead atoms. The van der Waals surface area contributed by atoms with Gasteiger partial charge in [-0.1, -0.05) is 30.3 Å². The van der Waals surface area contributed by atoms with Crippen molar-refractivity contribution < 1.29 is 19.1 Å². The molecule has 30 heavy (non-hydrogen) atoms. The second-order valence-electron chi connectivity index (χ2n) is 7.58. The van der Waals surface area contributed by atoms with Gasteiger partial charge >= 0.3 is 5.97 Å². The van der Waals surface area contributed by atoms with Gasteiger partial charge in [-0.3, -0.25) is 19.1 Å². The van der Waals surface area contributed by atoms with Crippen LogP contribution in [0.3, 0.4) is 0 Å². The van der Waals surface area contributed by atoms with Gasteiger partial charge in [-0.25, -0.2) is 0 Å². The Kier molecular flexibility index (Phi) is 6.22. The van der Waals surface area contributed by atoms with Gasteiger partial charge in [0.05, 0.1) is 11.1 Å². The number of carbonyl (C=O) groups excluding carboxylic acids is 3. The minimum Gasteiger partial charge on any atom is -0.462 e. The van der Waals surface area contributed by atoms with Crippen molar-refractivity contribution in [3.63, 3.8) is 0 Å². The monoisotopic (exact) mass is 427 g/mol. The zero-order chi connectivity index (χ0) is 21.9. The summed E-state index contributed by atoms with van der Waals surface area (Å²) in [5, 5.41) is 7.93. The smallest absolute Gasteiger partial charge is 0.320 e. The lowest BCUT2D eigenvalue weighted by Crippen LogP contribution is -2.47. The van der Waals surface area contributed by atoms with Crippen molar-refractivity contribution in [2.75, 3.05) is 12.5 Å². The number of ether oxygens (including phenoxy) is 1. The molecule has 0 unspecified atom stereocenters. The summed E-state index contributed by atoms with van der Waals surface area (Å²) in [6, 6.07) is 13.0. The minimum atomic E-state index is -0.789. The van der Waals surface area contributed by atoms with Crippen molar-refractivity contribution in [1.29, 1.82) is 0 Å². The Morgan fingerprint density at radius 1 is 1.17 bits per heavy atom. The number of nitrogens with zero attached hydrogens (tertiary/aromatic N) is 2. The third-order valence-electron chi connectivity index (χ3n) is 4.60. The number of esters is 1. The number of aldehydes is 1. The van der Waals surface area contributed by atoms with Gasteiger partial charge in [-0.2, -0.15) is 5.10 Å². The van der Waals surface area contributed by atoms with Gasteiger partial charge in [0.25, 0.3) is 5.91 Å². The van der Waals surface area contributed by atoms with E-state index in [9.17, 15) is 14.4 Å². The second kappa shape index (κ2) is 8.67. The van der Waals surface area contributed by atoms with Crippen LogP contribution in [0, 0.1) is 0 Å². The van der Waals surface area contributed by atoms with Gasteiger partial charge in [-0.05, 0) is 37.1 Å². The molecular weight excluding hydrogens is 406 g/mol. The number of aromatic nitrogens is 2. The van der Waals surface area contributed by atoms with E-state index in [0.717, 1.165) is 22.9 Å². The van der Waals surface area contributed by atoms with E-state index < -0.39 is 11.5 Å². The molecule has 0 spiro atoms. The van der Waals surface area contributed by atoms with E-state index in [2.05, 4.69) is 10.4 Å². The molecule has 0 fully saturated rings. The van der Waals surface area contributed by atoms with E-state index in [4.69, 9.17) is 16.3 Å². The standard InChI is InChI=1S/C22H22ClN3O4/c1-22(2,13-30-19(28)11-23)24-21(29)20-17-9-8-16(10-18(17)26(3)25-20)15-6-4-14(12-27)5-7-15/h4-10,12H,11,13H2,1-3H3,(H,24,29). The fourth-order valence-electron chi connectivity index (χ4n) is 3.06. The van der Waals surface area contributed by atoms with Crippen LogP contribution in [0.4, 0.5) is 0 Å². The molecule has 0 aliphatic rings. The Labute approximate surface area is 179 Å². The minimum absolute atomic E-state index is 0.00398. The Morgan fingerprint density at radius 3 is 2.47 bits per heavy atom. The van der Waals surface area contributed by atoms with E-state index >= 15 is 0 Å². The molecule has 0 radical (unpaired) electrons. The highest BCUT2D eigenvalue weighted by atomic mass is 35.5. The van der Waals surface area contributed by atoms with Crippen molar-refractivity contribution in [2.45, 2.75) is 19.4 Å². The third kappa shape index (κ3) is 4.68. The molecule has 0 aliphatic heterocycles. The number of rotatable bonds is 7. The molecule has 8 heteroatoms. The number of fused-ring (bicyclic) bond motifs is 1. The van der Waals surface area contributed by atoms with E-state index in [-0.39, 0.29) is 24.1 Å². The molecule has 0 saturated heterocycles. The lowest BCUT2D eigenvalue weighted by atomic mass is 10.0. The Hall–Kier alpha value is -3.19. The normalized spacial score (nSPS) is 11.3. The van der Waals surface area contributed by atoms with Crippen molar-refractivity contribution in [3.8, 4) is 11.1 Å². The summed E-state index contributed by atoms with van der Waals surface area (Å²) in [5.41, 5.74) is 2.80. The molecule has 1 aromatic heterocycles. The Morgan fingerprint density at radius 2 is 1.83 bits per heavy atom. The van der Waals surface area contributed by atoms with Crippen molar-refractivity contribution >= 4 is 40.7 Å². The number of halogens is 1. The summed E-state index contributed by atoms with van der Waals surface area (Å²) in [7, 11) is 1.77. The molecule has 7 nitrogen and oxygen atoms in total. The van der Waals surface area contributed by atoms with Gasteiger partial charge in [0.1, 0.15) is 18.8 Å². The van der Waals surface area contributed by atoms with Crippen LogP contribution in [0.15, 0.2) is 42.5 Å². The molecule has 1 heterocycles. The summed E-state index contributed by atoms with van der Waals surface area (Å²) in [5.74, 6) is -1.15. The molecule has 1 amide bonds. The molecule has 1 N–H and O–H groups in total. The average molecular weight is 428 g/mol. The molecule has 3 aromatic rings. The first-order valence-corrected chi connectivity index (χ1v) is 9.84. The molecule has 0 atom stereocenters. The highest BCUT2D eigenvalue weighted by Crippen LogP contribution is 2.26. The van der Waals surface area contributed by atoms with Crippen molar-refractivity contribution in [1.82, 2.24) is 15.1 Å². The first-order chi connectivity index (χ1) is 14.2. The van der Waals surface area contributed by atoms with Crippen LogP contribution in [0.1, 0.15) is 34.7 Å². The lowest BCUT2D eigenvalue weighted by molar-refractivity contribution is -0.142. The summed E-state index contributed by atoms with van der Waals surface area (Å²) < 4.78 is 6.68. The zero-order valence-electron chi connectivity index (χ0n) is 16.9.